The molecule has 1 aromatic rings. The maximum atomic E-state index is 13.2. The van der Waals surface area contributed by atoms with Crippen molar-refractivity contribution in [3.63, 3.8) is 0 Å². The number of carboxylic acid groups (broad SMARTS) is 1. The first-order chi connectivity index (χ1) is 9.77. The highest BCUT2D eigenvalue weighted by Crippen LogP contribution is 2.48. The summed E-state index contributed by atoms with van der Waals surface area (Å²) in [5.41, 5.74) is -3.22. The molecule has 0 aliphatic heterocycles. The van der Waals surface area contributed by atoms with E-state index in [2.05, 4.69) is 0 Å². The molecule has 0 heterocycles. The van der Waals surface area contributed by atoms with Crippen LogP contribution in [0.2, 0.25) is 0 Å². The lowest BCUT2D eigenvalue weighted by molar-refractivity contribution is -0.190. The number of rotatable bonds is 3. The molecule has 0 unspecified atom stereocenters. The number of hydrogen-bond acceptors (Lipinski definition) is 1. The Bertz CT molecular complexity index is 571. The van der Waals surface area contributed by atoms with Crippen molar-refractivity contribution < 1.29 is 23.1 Å². The van der Waals surface area contributed by atoms with Crippen LogP contribution in [0.5, 0.6) is 0 Å². The molecule has 2 rings (SSSR count). The summed E-state index contributed by atoms with van der Waals surface area (Å²) >= 11 is 0. The zero-order valence-electron chi connectivity index (χ0n) is 11.4. The summed E-state index contributed by atoms with van der Waals surface area (Å²) in [6, 6.07) is 8.23. The second-order valence-electron chi connectivity index (χ2n) is 5.10. The van der Waals surface area contributed by atoms with Gasteiger partial charge in [0, 0.05) is 0 Å². The number of benzene rings is 1. The Labute approximate surface area is 120 Å². The molecule has 0 spiro atoms. The lowest BCUT2D eigenvalue weighted by Crippen LogP contribution is -2.40. The van der Waals surface area contributed by atoms with Gasteiger partial charge in [0.15, 0.2) is 0 Å². The van der Waals surface area contributed by atoms with Gasteiger partial charge in [0.2, 0.25) is 0 Å². The van der Waals surface area contributed by atoms with E-state index in [0.29, 0.717) is 5.56 Å². The van der Waals surface area contributed by atoms with E-state index in [1.165, 1.54) is 6.92 Å². The minimum atomic E-state index is -4.45. The molecule has 0 aromatic heterocycles. The van der Waals surface area contributed by atoms with Crippen molar-refractivity contribution in [2.24, 2.45) is 5.41 Å². The number of hydrogen-bond donors (Lipinski definition) is 1. The van der Waals surface area contributed by atoms with E-state index in [1.54, 1.807) is 30.3 Å². The third-order valence-corrected chi connectivity index (χ3v) is 4.01. The van der Waals surface area contributed by atoms with Gasteiger partial charge in [0.1, 0.15) is 10.8 Å². The summed E-state index contributed by atoms with van der Waals surface area (Å²) in [6.07, 6.45) is -0.407. The first-order valence-corrected chi connectivity index (χ1v) is 6.54. The second kappa shape index (κ2) is 5.06. The molecule has 0 saturated heterocycles. The molecule has 21 heavy (non-hydrogen) atoms. The van der Waals surface area contributed by atoms with Crippen LogP contribution in [0.1, 0.15) is 18.9 Å². The molecule has 0 saturated carbocycles. The van der Waals surface area contributed by atoms with Crippen molar-refractivity contribution in [1.82, 2.24) is 0 Å². The Morgan fingerprint density at radius 1 is 1.10 bits per heavy atom. The van der Waals surface area contributed by atoms with Gasteiger partial charge in [0.25, 0.3) is 0 Å². The molecular weight excluding hydrogens is 281 g/mol. The van der Waals surface area contributed by atoms with E-state index in [4.69, 9.17) is 0 Å². The van der Waals surface area contributed by atoms with Gasteiger partial charge in [-0.05, 0) is 12.0 Å². The summed E-state index contributed by atoms with van der Waals surface area (Å²) in [6.45, 7) is 1.43. The van der Waals surface area contributed by atoms with Crippen molar-refractivity contribution in [3.05, 3.63) is 60.2 Å². The van der Waals surface area contributed by atoms with Crippen LogP contribution in [0.25, 0.3) is 0 Å². The van der Waals surface area contributed by atoms with Crippen LogP contribution in [-0.2, 0) is 10.2 Å². The number of carboxylic acids is 1. The normalized spacial score (nSPS) is 28.6. The number of alkyl halides is 3. The fourth-order valence-electron chi connectivity index (χ4n) is 2.47. The van der Waals surface area contributed by atoms with Gasteiger partial charge in [-0.3, -0.25) is 4.79 Å². The number of carbonyl (C=O) groups is 1. The Kier molecular flexibility index (Phi) is 3.70. The molecular formula is C16H15F3O2. The van der Waals surface area contributed by atoms with Crippen molar-refractivity contribution in [2.75, 3.05) is 0 Å². The minimum Gasteiger partial charge on any atom is -0.480 e. The highest BCUT2D eigenvalue weighted by atomic mass is 19.4. The monoisotopic (exact) mass is 296 g/mol. The van der Waals surface area contributed by atoms with Crippen molar-refractivity contribution in [2.45, 2.75) is 24.9 Å². The van der Waals surface area contributed by atoms with E-state index in [1.807, 2.05) is 0 Å². The zero-order chi connectivity index (χ0) is 15.7. The predicted octanol–water partition coefficient (Wildman–Crippen LogP) is 4.09. The lowest BCUT2D eigenvalue weighted by Gasteiger charge is -2.35. The smallest absolute Gasteiger partial charge is 0.401 e. The lowest BCUT2D eigenvalue weighted by atomic mass is 9.70. The maximum Gasteiger partial charge on any atom is 0.401 e. The molecule has 1 aromatic carbocycles. The van der Waals surface area contributed by atoms with E-state index >= 15 is 0 Å². The van der Waals surface area contributed by atoms with Crippen LogP contribution in [0, 0.1) is 5.41 Å². The van der Waals surface area contributed by atoms with E-state index in [9.17, 15) is 23.1 Å². The van der Waals surface area contributed by atoms with Gasteiger partial charge in [-0.2, -0.15) is 13.2 Å². The highest BCUT2D eigenvalue weighted by Gasteiger charge is 2.53. The average molecular weight is 296 g/mol. The molecule has 0 bridgehead atoms. The fraction of sp³-hybridized carbons (Fsp3) is 0.312. The molecule has 0 fully saturated rings. The summed E-state index contributed by atoms with van der Waals surface area (Å²) in [4.78, 5) is 11.6. The van der Waals surface area contributed by atoms with E-state index in [-0.39, 0.29) is 6.42 Å². The first-order valence-electron chi connectivity index (χ1n) is 6.54. The molecule has 2 nitrogen and oxygen atoms in total. The second-order valence-corrected chi connectivity index (χ2v) is 5.10. The molecule has 5 heteroatoms. The molecule has 0 amide bonds. The SMILES string of the molecule is CCC1(C(F)(F)F)C=CC(C(=O)O)(c2ccccc2)C=C1. The number of aliphatic carboxylic acids is 1. The Hall–Kier alpha value is -2.04. The molecule has 1 aliphatic rings. The quantitative estimate of drug-likeness (QED) is 0.853. The van der Waals surface area contributed by atoms with Crippen LogP contribution < -0.4 is 0 Å². The molecule has 0 atom stereocenters. The van der Waals surface area contributed by atoms with Crippen LogP contribution in [-0.4, -0.2) is 17.3 Å². The van der Waals surface area contributed by atoms with Crippen LogP contribution in [0.4, 0.5) is 13.2 Å². The molecule has 0 radical (unpaired) electrons. The summed E-state index contributed by atoms with van der Waals surface area (Å²) in [7, 11) is 0. The van der Waals surface area contributed by atoms with E-state index in [0.717, 1.165) is 24.3 Å². The standard InChI is InChI=1S/C16H15F3O2/c1-2-14(16(17,18)19)8-10-15(11-9-14,13(20)21)12-6-4-3-5-7-12/h3-11H,2H2,1H3,(H,20,21). The summed E-state index contributed by atoms with van der Waals surface area (Å²) < 4.78 is 39.6. The summed E-state index contributed by atoms with van der Waals surface area (Å²) in [5, 5.41) is 9.50. The molecule has 1 N–H and O–H groups in total. The van der Waals surface area contributed by atoms with Gasteiger partial charge in [-0.1, -0.05) is 61.6 Å². The fourth-order valence-corrected chi connectivity index (χ4v) is 2.47. The number of halogens is 3. The third-order valence-electron chi connectivity index (χ3n) is 4.01. The Morgan fingerprint density at radius 2 is 1.62 bits per heavy atom. The van der Waals surface area contributed by atoms with Gasteiger partial charge >= 0.3 is 12.1 Å². The van der Waals surface area contributed by atoms with Crippen LogP contribution in [0.3, 0.4) is 0 Å². The topological polar surface area (TPSA) is 37.3 Å². The summed E-state index contributed by atoms with van der Waals surface area (Å²) in [5.74, 6) is -1.20. The van der Waals surface area contributed by atoms with Crippen molar-refractivity contribution in [3.8, 4) is 0 Å². The number of allylic oxidation sites excluding steroid dienone is 2. The van der Waals surface area contributed by atoms with Gasteiger partial charge in [-0.25, -0.2) is 0 Å². The zero-order valence-corrected chi connectivity index (χ0v) is 11.4. The van der Waals surface area contributed by atoms with Crippen LogP contribution >= 0.6 is 0 Å². The average Bonchev–Trinajstić information content (AvgIpc) is 2.46. The van der Waals surface area contributed by atoms with Gasteiger partial charge < -0.3 is 5.11 Å². The Balaban J connectivity index is 2.52. The van der Waals surface area contributed by atoms with Crippen molar-refractivity contribution in [1.29, 1.82) is 0 Å². The van der Waals surface area contributed by atoms with E-state index < -0.39 is 23.0 Å². The van der Waals surface area contributed by atoms with Gasteiger partial charge in [0.05, 0.1) is 0 Å². The predicted molar refractivity (Wildman–Crippen MR) is 72.8 cm³/mol. The highest BCUT2D eigenvalue weighted by molar-refractivity contribution is 5.87. The largest absolute Gasteiger partial charge is 0.480 e. The molecule has 1 aliphatic carbocycles. The van der Waals surface area contributed by atoms with Gasteiger partial charge in [-0.15, -0.1) is 0 Å². The first kappa shape index (κ1) is 15.4. The van der Waals surface area contributed by atoms with Crippen LogP contribution in [0.15, 0.2) is 54.6 Å². The van der Waals surface area contributed by atoms with Crippen molar-refractivity contribution >= 4 is 5.97 Å². The molecule has 112 valence electrons. The third kappa shape index (κ3) is 2.37. The maximum absolute atomic E-state index is 13.2. The minimum absolute atomic E-state index is 0.173. The Morgan fingerprint density at radius 3 is 2.00 bits per heavy atom.